The summed E-state index contributed by atoms with van der Waals surface area (Å²) in [6, 6.07) is 7.42. The number of fused-ring (bicyclic) bond motifs is 1. The largest absolute Gasteiger partial charge is 0.325 e. The Bertz CT molecular complexity index is 604. The molecule has 2 aromatic rings. The molecule has 1 saturated carbocycles. The fourth-order valence-corrected chi connectivity index (χ4v) is 3.30. The lowest BCUT2D eigenvalue weighted by molar-refractivity contribution is 0.435. The van der Waals surface area contributed by atoms with Gasteiger partial charge in [-0.05, 0) is 56.8 Å². The number of aromatic nitrogens is 2. The number of rotatable bonds is 2. The molecule has 1 saturated heterocycles. The molecule has 2 heterocycles. The highest BCUT2D eigenvalue weighted by atomic mass is 15.1. The van der Waals surface area contributed by atoms with Gasteiger partial charge in [-0.2, -0.15) is 0 Å². The van der Waals surface area contributed by atoms with E-state index in [1.165, 1.54) is 54.6 Å². The summed E-state index contributed by atoms with van der Waals surface area (Å²) >= 11 is 0. The van der Waals surface area contributed by atoms with E-state index in [4.69, 9.17) is 4.98 Å². The molecule has 0 amide bonds. The van der Waals surface area contributed by atoms with Gasteiger partial charge in [0.1, 0.15) is 5.82 Å². The van der Waals surface area contributed by atoms with Gasteiger partial charge in [0.15, 0.2) is 0 Å². The van der Waals surface area contributed by atoms with Crippen molar-refractivity contribution in [2.75, 3.05) is 13.1 Å². The first-order valence-electron chi connectivity index (χ1n) is 7.52. The molecule has 3 heteroatoms. The van der Waals surface area contributed by atoms with Crippen LogP contribution in [-0.4, -0.2) is 22.6 Å². The van der Waals surface area contributed by atoms with Crippen molar-refractivity contribution in [1.29, 1.82) is 0 Å². The van der Waals surface area contributed by atoms with Crippen LogP contribution in [0.25, 0.3) is 11.0 Å². The molecule has 0 bridgehead atoms. The predicted molar refractivity (Wildman–Crippen MR) is 77.6 cm³/mol. The van der Waals surface area contributed by atoms with Gasteiger partial charge in [-0.15, -0.1) is 0 Å². The molecule has 1 aliphatic heterocycles. The van der Waals surface area contributed by atoms with Crippen LogP contribution in [0.15, 0.2) is 18.2 Å². The molecule has 2 fully saturated rings. The zero-order valence-electron chi connectivity index (χ0n) is 11.5. The average molecular weight is 255 g/mol. The standard InChI is InChI=1S/C16H21N3/c1-11-4-7-15-14(9-11)18-16(19(15)13-5-6-13)12-3-2-8-17-10-12/h4,7,9,12-13,17H,2-3,5-6,8,10H2,1H3. The van der Waals surface area contributed by atoms with Gasteiger partial charge in [-0.1, -0.05) is 6.07 Å². The molecule has 19 heavy (non-hydrogen) atoms. The van der Waals surface area contributed by atoms with Crippen molar-refractivity contribution in [3.63, 3.8) is 0 Å². The Hall–Kier alpha value is -1.35. The molecule has 4 rings (SSSR count). The highest BCUT2D eigenvalue weighted by Crippen LogP contribution is 2.41. The van der Waals surface area contributed by atoms with Gasteiger partial charge < -0.3 is 9.88 Å². The number of hydrogen-bond donors (Lipinski definition) is 1. The summed E-state index contributed by atoms with van der Waals surface area (Å²) in [7, 11) is 0. The van der Waals surface area contributed by atoms with Crippen LogP contribution in [-0.2, 0) is 0 Å². The smallest absolute Gasteiger partial charge is 0.114 e. The fourth-order valence-electron chi connectivity index (χ4n) is 3.30. The molecule has 100 valence electrons. The van der Waals surface area contributed by atoms with E-state index in [0.717, 1.165) is 6.54 Å². The monoisotopic (exact) mass is 255 g/mol. The number of nitrogens with zero attached hydrogens (tertiary/aromatic N) is 2. The summed E-state index contributed by atoms with van der Waals surface area (Å²) in [5.74, 6) is 1.93. The maximum Gasteiger partial charge on any atom is 0.114 e. The second-order valence-corrected chi connectivity index (χ2v) is 6.11. The van der Waals surface area contributed by atoms with Gasteiger partial charge in [-0.3, -0.25) is 0 Å². The summed E-state index contributed by atoms with van der Waals surface area (Å²) in [5, 5.41) is 3.52. The number of nitrogens with one attached hydrogen (secondary N) is 1. The molecule has 1 N–H and O–H groups in total. The molecule has 2 aliphatic rings. The van der Waals surface area contributed by atoms with E-state index in [1.54, 1.807) is 0 Å². The Balaban J connectivity index is 1.85. The van der Waals surface area contributed by atoms with Gasteiger partial charge in [0.05, 0.1) is 11.0 Å². The van der Waals surface area contributed by atoms with Gasteiger partial charge in [0.2, 0.25) is 0 Å². The van der Waals surface area contributed by atoms with Crippen LogP contribution < -0.4 is 5.32 Å². The normalized spacial score (nSPS) is 23.9. The number of piperidine rings is 1. The zero-order chi connectivity index (χ0) is 12.8. The third-order valence-electron chi connectivity index (χ3n) is 4.45. The van der Waals surface area contributed by atoms with E-state index >= 15 is 0 Å². The lowest BCUT2D eigenvalue weighted by Crippen LogP contribution is -2.30. The van der Waals surface area contributed by atoms with Gasteiger partial charge in [-0.25, -0.2) is 4.98 Å². The SMILES string of the molecule is Cc1ccc2c(c1)nc(C1CCCNC1)n2C1CC1. The topological polar surface area (TPSA) is 29.9 Å². The molecule has 1 unspecified atom stereocenters. The third kappa shape index (κ3) is 1.96. The quantitative estimate of drug-likeness (QED) is 0.893. The van der Waals surface area contributed by atoms with E-state index in [-0.39, 0.29) is 0 Å². The van der Waals surface area contributed by atoms with E-state index in [9.17, 15) is 0 Å². The Kier molecular flexibility index (Phi) is 2.62. The lowest BCUT2D eigenvalue weighted by atomic mass is 9.99. The van der Waals surface area contributed by atoms with Gasteiger partial charge >= 0.3 is 0 Å². The van der Waals surface area contributed by atoms with Crippen molar-refractivity contribution in [3.05, 3.63) is 29.6 Å². The van der Waals surface area contributed by atoms with E-state index in [0.29, 0.717) is 12.0 Å². The number of benzene rings is 1. The van der Waals surface area contributed by atoms with Crippen molar-refractivity contribution in [3.8, 4) is 0 Å². The summed E-state index contributed by atoms with van der Waals surface area (Å²) in [4.78, 5) is 4.98. The van der Waals surface area contributed by atoms with Crippen LogP contribution in [0.2, 0.25) is 0 Å². The minimum absolute atomic E-state index is 0.599. The predicted octanol–water partition coefficient (Wildman–Crippen LogP) is 3.15. The minimum atomic E-state index is 0.599. The van der Waals surface area contributed by atoms with Crippen molar-refractivity contribution in [2.45, 2.75) is 44.6 Å². The maximum atomic E-state index is 4.98. The summed E-state index contributed by atoms with van der Waals surface area (Å²) in [6.07, 6.45) is 5.21. The molecule has 1 aliphatic carbocycles. The van der Waals surface area contributed by atoms with E-state index in [2.05, 4.69) is 35.0 Å². The third-order valence-corrected chi connectivity index (χ3v) is 4.45. The molecule has 1 aromatic carbocycles. The Morgan fingerprint density at radius 2 is 2.16 bits per heavy atom. The maximum absolute atomic E-state index is 4.98. The van der Waals surface area contributed by atoms with E-state index < -0.39 is 0 Å². The lowest BCUT2D eigenvalue weighted by Gasteiger charge is -2.23. The molecule has 3 nitrogen and oxygen atoms in total. The van der Waals surface area contributed by atoms with Crippen LogP contribution in [0.3, 0.4) is 0 Å². The van der Waals surface area contributed by atoms with Crippen LogP contribution >= 0.6 is 0 Å². The summed E-state index contributed by atoms with van der Waals surface area (Å²) in [5.41, 5.74) is 3.84. The number of imidazole rings is 1. The zero-order valence-corrected chi connectivity index (χ0v) is 11.5. The van der Waals surface area contributed by atoms with Crippen LogP contribution in [0.4, 0.5) is 0 Å². The van der Waals surface area contributed by atoms with Crippen molar-refractivity contribution >= 4 is 11.0 Å². The second-order valence-electron chi connectivity index (χ2n) is 6.11. The molecule has 0 spiro atoms. The van der Waals surface area contributed by atoms with Gasteiger partial charge in [0, 0.05) is 18.5 Å². The number of aryl methyl sites for hydroxylation is 1. The molecule has 1 aromatic heterocycles. The van der Waals surface area contributed by atoms with Gasteiger partial charge in [0.25, 0.3) is 0 Å². The Morgan fingerprint density at radius 3 is 2.89 bits per heavy atom. The first kappa shape index (κ1) is 11.5. The number of hydrogen-bond acceptors (Lipinski definition) is 2. The first-order valence-corrected chi connectivity index (χ1v) is 7.52. The van der Waals surface area contributed by atoms with Crippen LogP contribution in [0.1, 0.15) is 49.0 Å². The molecule has 0 radical (unpaired) electrons. The Morgan fingerprint density at radius 1 is 1.26 bits per heavy atom. The van der Waals surface area contributed by atoms with Crippen molar-refractivity contribution in [1.82, 2.24) is 14.9 Å². The minimum Gasteiger partial charge on any atom is -0.325 e. The summed E-state index contributed by atoms with van der Waals surface area (Å²) in [6.45, 7) is 4.41. The Labute approximate surface area is 114 Å². The highest BCUT2D eigenvalue weighted by molar-refractivity contribution is 5.77. The first-order chi connectivity index (χ1) is 9.33. The average Bonchev–Trinajstić information content (AvgIpc) is 3.20. The highest BCUT2D eigenvalue weighted by Gasteiger charge is 2.31. The van der Waals surface area contributed by atoms with E-state index in [1.807, 2.05) is 0 Å². The molecular formula is C16H21N3. The fraction of sp³-hybridized carbons (Fsp3) is 0.562. The van der Waals surface area contributed by atoms with Crippen molar-refractivity contribution < 1.29 is 0 Å². The van der Waals surface area contributed by atoms with Crippen LogP contribution in [0, 0.1) is 6.92 Å². The molecule has 1 atom stereocenters. The second kappa shape index (κ2) is 4.34. The summed E-state index contributed by atoms with van der Waals surface area (Å²) < 4.78 is 2.53. The molecular weight excluding hydrogens is 234 g/mol. The van der Waals surface area contributed by atoms with Crippen LogP contribution in [0.5, 0.6) is 0 Å². The van der Waals surface area contributed by atoms with Crippen molar-refractivity contribution in [2.24, 2.45) is 0 Å².